The number of rotatable bonds is 6. The monoisotopic (exact) mass is 344 g/mol. The number of hydrogen-bond acceptors (Lipinski definition) is 5. The average molecular weight is 345 g/mol. The number of aliphatic hydroxyl groups excluding tert-OH is 1. The minimum absolute atomic E-state index is 0.00291. The fourth-order valence-corrected chi connectivity index (χ4v) is 2.03. The van der Waals surface area contributed by atoms with E-state index in [1.54, 1.807) is 39.0 Å². The van der Waals surface area contributed by atoms with Crippen LogP contribution in [0.2, 0.25) is 5.02 Å². The molecule has 0 aromatic heterocycles. The van der Waals surface area contributed by atoms with Crippen LogP contribution in [0.3, 0.4) is 0 Å². The number of nitrogens with zero attached hydrogens (tertiary/aromatic N) is 1. The second kappa shape index (κ2) is 8.26. The van der Waals surface area contributed by atoms with E-state index in [4.69, 9.17) is 26.8 Å². The number of hydrogen-bond donors (Lipinski definition) is 2. The lowest BCUT2D eigenvalue weighted by Crippen LogP contribution is -2.42. The van der Waals surface area contributed by atoms with Crippen LogP contribution in [-0.2, 0) is 4.74 Å². The molecule has 0 spiro atoms. The van der Waals surface area contributed by atoms with Crippen LogP contribution >= 0.6 is 11.6 Å². The first-order valence-corrected chi connectivity index (χ1v) is 7.84. The van der Waals surface area contributed by atoms with Gasteiger partial charge in [0.1, 0.15) is 24.1 Å². The van der Waals surface area contributed by atoms with Crippen molar-refractivity contribution in [1.29, 1.82) is 0 Å². The first-order chi connectivity index (χ1) is 10.6. The van der Waals surface area contributed by atoms with Crippen molar-refractivity contribution in [3.8, 4) is 5.75 Å². The van der Waals surface area contributed by atoms with Gasteiger partial charge in [-0.15, -0.1) is 0 Å². The fraction of sp³-hybridized carbons (Fsp3) is 0.562. The zero-order chi connectivity index (χ0) is 17.6. The Bertz CT molecular complexity index is 531. The quantitative estimate of drug-likeness (QED) is 0.775. The zero-order valence-electron chi connectivity index (χ0n) is 14.0. The summed E-state index contributed by atoms with van der Waals surface area (Å²) in [5, 5.41) is 10.4. The summed E-state index contributed by atoms with van der Waals surface area (Å²) in [5.74, 6) is 0.431. The van der Waals surface area contributed by atoms with Gasteiger partial charge in [-0.3, -0.25) is 0 Å². The summed E-state index contributed by atoms with van der Waals surface area (Å²) in [6.45, 7) is 7.73. The summed E-state index contributed by atoms with van der Waals surface area (Å²) in [7, 11) is 0. The highest BCUT2D eigenvalue weighted by molar-refractivity contribution is 6.32. The molecule has 1 aromatic carbocycles. The van der Waals surface area contributed by atoms with Crippen molar-refractivity contribution in [2.24, 2.45) is 0 Å². The van der Waals surface area contributed by atoms with Crippen LogP contribution in [0.4, 0.5) is 10.5 Å². The Morgan fingerprint density at radius 3 is 2.61 bits per heavy atom. The molecule has 0 bridgehead atoms. The summed E-state index contributed by atoms with van der Waals surface area (Å²) in [5.41, 5.74) is 5.56. The number of ether oxygens (including phenoxy) is 2. The number of aliphatic hydroxyl groups is 1. The van der Waals surface area contributed by atoms with Crippen molar-refractivity contribution in [3.05, 3.63) is 23.2 Å². The molecule has 1 unspecified atom stereocenters. The number of benzene rings is 1. The van der Waals surface area contributed by atoms with Crippen molar-refractivity contribution >= 4 is 23.4 Å². The summed E-state index contributed by atoms with van der Waals surface area (Å²) in [6.07, 6.45) is -1.33. The zero-order valence-corrected chi connectivity index (χ0v) is 14.8. The van der Waals surface area contributed by atoms with E-state index < -0.39 is 17.8 Å². The van der Waals surface area contributed by atoms with Crippen LogP contribution in [0, 0.1) is 0 Å². The van der Waals surface area contributed by atoms with Crippen molar-refractivity contribution < 1.29 is 19.4 Å². The normalized spacial score (nSPS) is 12.6. The molecule has 3 N–H and O–H groups in total. The van der Waals surface area contributed by atoms with Crippen LogP contribution in [0.5, 0.6) is 5.75 Å². The fourth-order valence-electron chi connectivity index (χ4n) is 1.79. The van der Waals surface area contributed by atoms with Crippen molar-refractivity contribution in [2.45, 2.75) is 39.4 Å². The molecule has 1 amide bonds. The highest BCUT2D eigenvalue weighted by atomic mass is 35.5. The van der Waals surface area contributed by atoms with Crippen LogP contribution in [0.25, 0.3) is 0 Å². The maximum Gasteiger partial charge on any atom is 0.410 e. The molecule has 1 atom stereocenters. The first kappa shape index (κ1) is 19.4. The molecule has 0 radical (unpaired) electrons. The molecule has 0 saturated carbocycles. The predicted octanol–water partition coefficient (Wildman–Crippen LogP) is 2.92. The third-order valence-corrected chi connectivity index (χ3v) is 3.15. The van der Waals surface area contributed by atoms with E-state index in [0.29, 0.717) is 23.0 Å². The number of halogens is 1. The van der Waals surface area contributed by atoms with Crippen LogP contribution in [0.15, 0.2) is 18.2 Å². The minimum atomic E-state index is -0.865. The van der Waals surface area contributed by atoms with Gasteiger partial charge < -0.3 is 25.2 Å². The van der Waals surface area contributed by atoms with E-state index in [-0.39, 0.29) is 13.2 Å². The molecule has 0 aliphatic rings. The molecular formula is C16H25ClN2O4. The van der Waals surface area contributed by atoms with Crippen LogP contribution < -0.4 is 10.5 Å². The van der Waals surface area contributed by atoms with Crippen LogP contribution in [0.1, 0.15) is 27.7 Å². The largest absolute Gasteiger partial charge is 0.489 e. The van der Waals surface area contributed by atoms with E-state index in [2.05, 4.69) is 0 Å². The number of nitrogen functional groups attached to an aromatic ring is 1. The van der Waals surface area contributed by atoms with E-state index in [0.717, 1.165) is 0 Å². The lowest BCUT2D eigenvalue weighted by molar-refractivity contribution is 0.0105. The highest BCUT2D eigenvalue weighted by Gasteiger charge is 2.23. The van der Waals surface area contributed by atoms with Crippen molar-refractivity contribution in [1.82, 2.24) is 4.90 Å². The van der Waals surface area contributed by atoms with Gasteiger partial charge in [0, 0.05) is 12.2 Å². The molecule has 7 heteroatoms. The number of nitrogens with two attached hydrogens (primary N) is 1. The maximum atomic E-state index is 12.0. The topological polar surface area (TPSA) is 85.0 Å². The van der Waals surface area contributed by atoms with Gasteiger partial charge in [-0.1, -0.05) is 11.6 Å². The lowest BCUT2D eigenvalue weighted by Gasteiger charge is -2.28. The summed E-state index contributed by atoms with van der Waals surface area (Å²) >= 11 is 6.00. The van der Waals surface area contributed by atoms with Gasteiger partial charge in [0.25, 0.3) is 0 Å². The summed E-state index contributed by atoms with van der Waals surface area (Å²) in [6, 6.07) is 4.87. The predicted molar refractivity (Wildman–Crippen MR) is 90.8 cm³/mol. The van der Waals surface area contributed by atoms with Gasteiger partial charge in [-0.2, -0.15) is 0 Å². The Kier molecular flexibility index (Phi) is 6.97. The Hall–Kier alpha value is -1.66. The van der Waals surface area contributed by atoms with Gasteiger partial charge in [-0.25, -0.2) is 4.79 Å². The highest BCUT2D eigenvalue weighted by Crippen LogP contribution is 2.26. The number of likely N-dealkylation sites (N-methyl/N-ethyl adjacent to an activating group) is 1. The molecule has 1 aromatic rings. The third-order valence-electron chi connectivity index (χ3n) is 2.85. The molecular weight excluding hydrogens is 320 g/mol. The van der Waals surface area contributed by atoms with E-state index in [1.807, 2.05) is 6.92 Å². The summed E-state index contributed by atoms with van der Waals surface area (Å²) < 4.78 is 10.8. The lowest BCUT2D eigenvalue weighted by atomic mass is 10.2. The van der Waals surface area contributed by atoms with E-state index >= 15 is 0 Å². The average Bonchev–Trinajstić information content (AvgIpc) is 2.41. The second-order valence-electron chi connectivity index (χ2n) is 6.17. The maximum absolute atomic E-state index is 12.0. The van der Waals surface area contributed by atoms with Gasteiger partial charge in [-0.05, 0) is 45.9 Å². The van der Waals surface area contributed by atoms with Gasteiger partial charge in [0.05, 0.1) is 11.6 Å². The Labute approximate surface area is 142 Å². The molecule has 1 rings (SSSR count). The van der Waals surface area contributed by atoms with Crippen LogP contribution in [-0.4, -0.2) is 47.5 Å². The standard InChI is InChI=1S/C16H25ClN2O4/c1-5-19(15(21)23-16(2,3)4)9-12(20)10-22-14-7-6-11(18)8-13(14)17/h6-8,12,20H,5,9-10,18H2,1-4H3. The van der Waals surface area contributed by atoms with Gasteiger partial charge >= 0.3 is 6.09 Å². The first-order valence-electron chi connectivity index (χ1n) is 7.46. The Morgan fingerprint density at radius 2 is 2.09 bits per heavy atom. The smallest absolute Gasteiger partial charge is 0.410 e. The number of carbonyl (C=O) groups excluding carboxylic acids is 1. The number of anilines is 1. The molecule has 0 heterocycles. The molecule has 0 aliphatic carbocycles. The molecule has 23 heavy (non-hydrogen) atoms. The molecule has 0 fully saturated rings. The summed E-state index contributed by atoms with van der Waals surface area (Å²) in [4.78, 5) is 13.4. The van der Waals surface area contributed by atoms with Gasteiger partial charge in [0.15, 0.2) is 0 Å². The third kappa shape index (κ3) is 6.97. The Morgan fingerprint density at radius 1 is 1.43 bits per heavy atom. The Balaban J connectivity index is 2.53. The van der Waals surface area contributed by atoms with Gasteiger partial charge in [0.2, 0.25) is 0 Å². The number of amides is 1. The molecule has 6 nitrogen and oxygen atoms in total. The minimum Gasteiger partial charge on any atom is -0.489 e. The SMILES string of the molecule is CCN(CC(O)COc1ccc(N)cc1Cl)C(=O)OC(C)(C)C. The van der Waals surface area contributed by atoms with Crippen molar-refractivity contribution in [2.75, 3.05) is 25.4 Å². The second-order valence-corrected chi connectivity index (χ2v) is 6.58. The molecule has 0 aliphatic heterocycles. The molecule has 0 saturated heterocycles. The van der Waals surface area contributed by atoms with Crippen molar-refractivity contribution in [3.63, 3.8) is 0 Å². The number of carbonyl (C=O) groups is 1. The van der Waals surface area contributed by atoms with E-state index in [9.17, 15) is 9.90 Å². The van der Waals surface area contributed by atoms with E-state index in [1.165, 1.54) is 4.90 Å². The molecule has 130 valence electrons.